The van der Waals surface area contributed by atoms with E-state index in [0.717, 1.165) is 5.52 Å². The van der Waals surface area contributed by atoms with E-state index >= 15 is 0 Å². The van der Waals surface area contributed by atoms with Gasteiger partial charge in [-0.15, -0.1) is 0 Å². The normalized spacial score (nSPS) is 12.4. The molecule has 0 saturated carbocycles. The number of aromatic amines is 1. The first-order valence-electron chi connectivity index (χ1n) is 6.12. The molecule has 0 aliphatic rings. The molecule has 1 unspecified atom stereocenters. The van der Waals surface area contributed by atoms with Crippen LogP contribution in [0.3, 0.4) is 0 Å². The second-order valence-corrected chi connectivity index (χ2v) is 5.42. The Hall–Kier alpha value is -1.86. The first kappa shape index (κ1) is 14.5. The van der Waals surface area contributed by atoms with E-state index in [2.05, 4.69) is 9.97 Å². The molecule has 0 spiro atoms. The van der Waals surface area contributed by atoms with E-state index in [0.29, 0.717) is 29.1 Å². The molecule has 2 rings (SSSR count). The van der Waals surface area contributed by atoms with Crippen molar-refractivity contribution in [3.8, 4) is 0 Å². The number of hydrogen-bond acceptors (Lipinski definition) is 5. The van der Waals surface area contributed by atoms with Crippen LogP contribution in [0, 0.1) is 0 Å². The zero-order chi connectivity index (χ0) is 14.5. The van der Waals surface area contributed by atoms with Gasteiger partial charge in [0.2, 0.25) is 0 Å². The number of H-pyrrole nitrogens is 1. The summed E-state index contributed by atoms with van der Waals surface area (Å²) in [5.74, 6) is 0.000707. The van der Waals surface area contributed by atoms with Gasteiger partial charge in [-0.25, -0.2) is 4.98 Å². The summed E-state index contributed by atoms with van der Waals surface area (Å²) >= 11 is 1.45. The molecule has 4 N–H and O–H groups in total. The van der Waals surface area contributed by atoms with Crippen molar-refractivity contribution < 1.29 is 9.90 Å². The number of para-hydroxylation sites is 2. The molecule has 7 heteroatoms. The molecule has 0 saturated heterocycles. The Labute approximate surface area is 119 Å². The molecule has 106 valence electrons. The molecule has 0 aliphatic heterocycles. The Morgan fingerprint density at radius 2 is 2.20 bits per heavy atom. The van der Waals surface area contributed by atoms with E-state index in [-0.39, 0.29) is 5.56 Å². The van der Waals surface area contributed by atoms with Crippen molar-refractivity contribution in [1.29, 1.82) is 0 Å². The van der Waals surface area contributed by atoms with Crippen LogP contribution >= 0.6 is 11.8 Å². The highest BCUT2D eigenvalue weighted by molar-refractivity contribution is 7.98. The summed E-state index contributed by atoms with van der Waals surface area (Å²) in [6.07, 6.45) is 0.367. The summed E-state index contributed by atoms with van der Waals surface area (Å²) in [7, 11) is 0. The van der Waals surface area contributed by atoms with E-state index in [1.54, 1.807) is 6.07 Å². The van der Waals surface area contributed by atoms with Crippen LogP contribution in [-0.4, -0.2) is 32.8 Å². The van der Waals surface area contributed by atoms with Crippen LogP contribution in [0.25, 0.3) is 11.0 Å². The third-order valence-electron chi connectivity index (χ3n) is 2.80. The monoisotopic (exact) mass is 293 g/mol. The second-order valence-electron chi connectivity index (χ2n) is 4.32. The molecule has 1 aromatic carbocycles. The Bertz CT molecular complexity index is 671. The van der Waals surface area contributed by atoms with Crippen LogP contribution in [0.2, 0.25) is 0 Å². The van der Waals surface area contributed by atoms with Crippen LogP contribution in [0.4, 0.5) is 0 Å². The van der Waals surface area contributed by atoms with Crippen LogP contribution in [0.1, 0.15) is 12.1 Å². The van der Waals surface area contributed by atoms with Crippen molar-refractivity contribution >= 4 is 28.8 Å². The standard InChI is InChI=1S/C13H15N3O3S/c14-8(13(18)19)5-6-20-7-11-12(17)16-10-4-2-1-3-9(10)15-11/h1-4,8H,5-7,14H2,(H,16,17)(H,18,19). The number of thioether (sulfide) groups is 1. The Morgan fingerprint density at radius 1 is 1.45 bits per heavy atom. The van der Waals surface area contributed by atoms with Crippen LogP contribution in [0.15, 0.2) is 29.1 Å². The van der Waals surface area contributed by atoms with Gasteiger partial charge in [-0.1, -0.05) is 12.1 Å². The number of aliphatic carboxylic acids is 1. The number of nitrogens with zero attached hydrogens (tertiary/aromatic N) is 1. The zero-order valence-electron chi connectivity index (χ0n) is 10.7. The van der Waals surface area contributed by atoms with Crippen molar-refractivity contribution in [1.82, 2.24) is 9.97 Å². The van der Waals surface area contributed by atoms with E-state index in [4.69, 9.17) is 10.8 Å². The lowest BCUT2D eigenvalue weighted by molar-refractivity contribution is -0.138. The van der Waals surface area contributed by atoms with Crippen molar-refractivity contribution in [2.45, 2.75) is 18.2 Å². The number of nitrogens with one attached hydrogen (secondary N) is 1. The van der Waals surface area contributed by atoms with E-state index in [1.807, 2.05) is 18.2 Å². The summed E-state index contributed by atoms with van der Waals surface area (Å²) in [4.78, 5) is 29.5. The fraction of sp³-hybridized carbons (Fsp3) is 0.308. The highest BCUT2D eigenvalue weighted by Crippen LogP contribution is 2.12. The number of nitrogens with two attached hydrogens (primary N) is 1. The summed E-state index contributed by atoms with van der Waals surface area (Å²) in [5, 5.41) is 8.66. The van der Waals surface area contributed by atoms with Gasteiger partial charge in [0.05, 0.1) is 11.0 Å². The van der Waals surface area contributed by atoms with Crippen molar-refractivity contribution in [3.05, 3.63) is 40.3 Å². The minimum Gasteiger partial charge on any atom is -0.480 e. The van der Waals surface area contributed by atoms with Crippen LogP contribution < -0.4 is 11.3 Å². The van der Waals surface area contributed by atoms with Gasteiger partial charge in [0.25, 0.3) is 5.56 Å². The van der Waals surface area contributed by atoms with Gasteiger partial charge in [0, 0.05) is 5.75 Å². The molecule has 0 radical (unpaired) electrons. The molecule has 20 heavy (non-hydrogen) atoms. The van der Waals surface area contributed by atoms with Crippen molar-refractivity contribution in [3.63, 3.8) is 0 Å². The first-order valence-corrected chi connectivity index (χ1v) is 7.27. The number of hydrogen-bond donors (Lipinski definition) is 3. The maximum absolute atomic E-state index is 11.8. The first-order chi connectivity index (χ1) is 9.58. The molecule has 0 fully saturated rings. The number of carboxylic acid groups (broad SMARTS) is 1. The SMILES string of the molecule is NC(CCSCc1nc2ccccc2[nH]c1=O)C(=O)O. The quantitative estimate of drug-likeness (QED) is 0.684. The highest BCUT2D eigenvalue weighted by atomic mass is 32.2. The lowest BCUT2D eigenvalue weighted by Crippen LogP contribution is -2.30. The van der Waals surface area contributed by atoms with Gasteiger partial charge in [0.15, 0.2) is 0 Å². The fourth-order valence-electron chi connectivity index (χ4n) is 1.67. The minimum atomic E-state index is -1.01. The lowest BCUT2D eigenvalue weighted by Gasteiger charge is -2.05. The average Bonchev–Trinajstić information content (AvgIpc) is 2.43. The molecular weight excluding hydrogens is 278 g/mol. The summed E-state index contributed by atoms with van der Waals surface area (Å²) in [6, 6.07) is 6.47. The maximum Gasteiger partial charge on any atom is 0.320 e. The minimum absolute atomic E-state index is 0.210. The van der Waals surface area contributed by atoms with Crippen LogP contribution in [0.5, 0.6) is 0 Å². The number of benzene rings is 1. The van der Waals surface area contributed by atoms with Crippen molar-refractivity contribution in [2.24, 2.45) is 5.73 Å². The molecule has 1 aromatic heterocycles. The number of fused-ring (bicyclic) bond motifs is 1. The smallest absolute Gasteiger partial charge is 0.320 e. The van der Waals surface area contributed by atoms with E-state index in [9.17, 15) is 9.59 Å². The Kier molecular flexibility index (Phi) is 4.75. The number of rotatable bonds is 6. The summed E-state index contributed by atoms with van der Waals surface area (Å²) < 4.78 is 0. The molecule has 0 bridgehead atoms. The highest BCUT2D eigenvalue weighted by Gasteiger charge is 2.11. The predicted octanol–water partition coefficient (Wildman–Crippen LogP) is 0.958. The number of carboxylic acids is 1. The predicted molar refractivity (Wildman–Crippen MR) is 78.8 cm³/mol. The second kappa shape index (κ2) is 6.53. The Morgan fingerprint density at radius 3 is 2.95 bits per heavy atom. The van der Waals surface area contributed by atoms with Gasteiger partial charge in [0.1, 0.15) is 11.7 Å². The molecule has 2 aromatic rings. The van der Waals surface area contributed by atoms with E-state index in [1.165, 1.54) is 11.8 Å². The maximum atomic E-state index is 11.8. The topological polar surface area (TPSA) is 109 Å². The largest absolute Gasteiger partial charge is 0.480 e. The van der Waals surface area contributed by atoms with Gasteiger partial charge < -0.3 is 15.8 Å². The average molecular weight is 293 g/mol. The molecule has 1 atom stereocenters. The molecule has 1 heterocycles. The van der Waals surface area contributed by atoms with Gasteiger partial charge >= 0.3 is 5.97 Å². The van der Waals surface area contributed by atoms with E-state index < -0.39 is 12.0 Å². The molecular formula is C13H15N3O3S. The fourth-order valence-corrected chi connectivity index (χ4v) is 2.62. The number of carbonyl (C=O) groups is 1. The third-order valence-corrected chi connectivity index (χ3v) is 3.80. The zero-order valence-corrected chi connectivity index (χ0v) is 11.5. The summed E-state index contributed by atoms with van der Waals surface area (Å²) in [5.41, 5.74) is 7.08. The number of aromatic nitrogens is 2. The van der Waals surface area contributed by atoms with Crippen molar-refractivity contribution in [2.75, 3.05) is 5.75 Å². The molecule has 0 aliphatic carbocycles. The van der Waals surface area contributed by atoms with Crippen LogP contribution in [-0.2, 0) is 10.5 Å². The molecule has 6 nitrogen and oxygen atoms in total. The van der Waals surface area contributed by atoms with Gasteiger partial charge in [-0.3, -0.25) is 9.59 Å². The third kappa shape index (κ3) is 3.58. The summed E-state index contributed by atoms with van der Waals surface area (Å²) in [6.45, 7) is 0. The molecule has 0 amide bonds. The van der Waals surface area contributed by atoms with Gasteiger partial charge in [-0.2, -0.15) is 11.8 Å². The lowest BCUT2D eigenvalue weighted by atomic mass is 10.2. The Balaban J connectivity index is 1.98. The van der Waals surface area contributed by atoms with Gasteiger partial charge in [-0.05, 0) is 24.3 Å².